The van der Waals surface area contributed by atoms with Gasteiger partial charge in [0.15, 0.2) is 5.60 Å². The van der Waals surface area contributed by atoms with E-state index >= 15 is 0 Å². The Labute approximate surface area is 96.5 Å². The number of fused-ring (bicyclic) bond motifs is 1. The molecule has 6 nitrogen and oxygen atoms in total. The van der Waals surface area contributed by atoms with Gasteiger partial charge >= 0.3 is 5.97 Å². The quantitative estimate of drug-likeness (QED) is 0.554. The highest BCUT2D eigenvalue weighted by Crippen LogP contribution is 2.42. The van der Waals surface area contributed by atoms with E-state index in [4.69, 9.17) is 5.11 Å². The van der Waals surface area contributed by atoms with Gasteiger partial charge in [0.05, 0.1) is 6.42 Å². The molecule has 1 aliphatic rings. The average Bonchev–Trinajstić information content (AvgIpc) is 2.45. The lowest BCUT2D eigenvalue weighted by molar-refractivity contribution is -0.149. The molecule has 1 unspecified atom stereocenters. The van der Waals surface area contributed by atoms with E-state index in [1.165, 1.54) is 19.1 Å². The maximum absolute atomic E-state index is 11.6. The number of aliphatic hydroxyl groups is 1. The fourth-order valence-corrected chi connectivity index (χ4v) is 2.06. The van der Waals surface area contributed by atoms with Crippen molar-refractivity contribution in [2.75, 3.05) is 5.32 Å². The number of hydrogen-bond donors (Lipinski definition) is 4. The third kappa shape index (κ3) is 1.53. The Balaban J connectivity index is 2.63. The molecule has 0 saturated carbocycles. The molecule has 0 aliphatic carbocycles. The summed E-state index contributed by atoms with van der Waals surface area (Å²) < 4.78 is 0. The second-order valence-electron chi connectivity index (χ2n) is 4.02. The van der Waals surface area contributed by atoms with E-state index in [0.29, 0.717) is 11.3 Å². The number of carbonyl (C=O) groups excluding carboxylic acids is 1. The first-order valence-electron chi connectivity index (χ1n) is 4.95. The molecule has 1 aromatic rings. The Morgan fingerprint density at radius 3 is 2.71 bits per heavy atom. The van der Waals surface area contributed by atoms with Crippen LogP contribution >= 0.6 is 0 Å². The molecule has 0 saturated heterocycles. The van der Waals surface area contributed by atoms with Crippen molar-refractivity contribution < 1.29 is 24.9 Å². The van der Waals surface area contributed by atoms with E-state index in [1.54, 1.807) is 0 Å². The summed E-state index contributed by atoms with van der Waals surface area (Å²) in [5, 5.41) is 30.9. The van der Waals surface area contributed by atoms with Crippen LogP contribution in [0.25, 0.3) is 0 Å². The number of anilines is 1. The number of carbonyl (C=O) groups is 2. The van der Waals surface area contributed by atoms with Gasteiger partial charge in [0.25, 0.3) is 5.91 Å². The lowest BCUT2D eigenvalue weighted by Crippen LogP contribution is -2.36. The number of aromatic hydroxyl groups is 1. The molecule has 6 heteroatoms. The Morgan fingerprint density at radius 2 is 2.12 bits per heavy atom. The van der Waals surface area contributed by atoms with Crippen molar-refractivity contribution in [1.29, 1.82) is 0 Å². The first-order valence-corrected chi connectivity index (χ1v) is 4.95. The summed E-state index contributed by atoms with van der Waals surface area (Å²) >= 11 is 0. The third-order valence-corrected chi connectivity index (χ3v) is 2.88. The molecular weight excluding hydrogens is 226 g/mol. The molecule has 0 bridgehead atoms. The van der Waals surface area contributed by atoms with Crippen LogP contribution in [0, 0.1) is 6.92 Å². The highest BCUT2D eigenvalue weighted by atomic mass is 16.4. The summed E-state index contributed by atoms with van der Waals surface area (Å²) in [5.41, 5.74) is -1.37. The number of hydrogen-bond acceptors (Lipinski definition) is 4. The lowest BCUT2D eigenvalue weighted by Gasteiger charge is -2.20. The molecule has 1 aliphatic heterocycles. The van der Waals surface area contributed by atoms with Gasteiger partial charge in [-0.05, 0) is 24.6 Å². The smallest absolute Gasteiger partial charge is 0.307 e. The topological polar surface area (TPSA) is 107 Å². The zero-order valence-electron chi connectivity index (χ0n) is 9.02. The zero-order valence-corrected chi connectivity index (χ0v) is 9.02. The predicted octanol–water partition coefficient (Wildman–Crippen LogP) is 0.315. The van der Waals surface area contributed by atoms with Crippen molar-refractivity contribution in [2.45, 2.75) is 18.9 Å². The van der Waals surface area contributed by atoms with Gasteiger partial charge in [-0.15, -0.1) is 0 Å². The van der Waals surface area contributed by atoms with Crippen LogP contribution in [0.15, 0.2) is 12.1 Å². The number of phenols is 1. The largest absolute Gasteiger partial charge is 0.508 e. The Kier molecular flexibility index (Phi) is 2.32. The second-order valence-corrected chi connectivity index (χ2v) is 4.02. The molecule has 1 atom stereocenters. The van der Waals surface area contributed by atoms with E-state index in [2.05, 4.69) is 5.32 Å². The minimum Gasteiger partial charge on any atom is -0.508 e. The van der Waals surface area contributed by atoms with Crippen LogP contribution in [-0.2, 0) is 15.2 Å². The molecule has 2 rings (SSSR count). The summed E-state index contributed by atoms with van der Waals surface area (Å²) in [6.07, 6.45) is -0.740. The van der Waals surface area contributed by atoms with Crippen LogP contribution in [0.5, 0.6) is 5.75 Å². The summed E-state index contributed by atoms with van der Waals surface area (Å²) in [6, 6.07) is 2.80. The summed E-state index contributed by atoms with van der Waals surface area (Å²) in [7, 11) is 0. The maximum Gasteiger partial charge on any atom is 0.307 e. The molecule has 1 aromatic carbocycles. The van der Waals surface area contributed by atoms with Crippen molar-refractivity contribution >= 4 is 17.6 Å². The van der Waals surface area contributed by atoms with Crippen LogP contribution in [0.4, 0.5) is 5.69 Å². The van der Waals surface area contributed by atoms with E-state index in [9.17, 15) is 19.8 Å². The van der Waals surface area contributed by atoms with Gasteiger partial charge in [-0.25, -0.2) is 0 Å². The van der Waals surface area contributed by atoms with E-state index in [0.717, 1.165) is 0 Å². The molecule has 17 heavy (non-hydrogen) atoms. The normalized spacial score (nSPS) is 22.1. The fourth-order valence-electron chi connectivity index (χ4n) is 2.06. The van der Waals surface area contributed by atoms with Crippen LogP contribution in [0.2, 0.25) is 0 Å². The first kappa shape index (κ1) is 11.4. The molecule has 1 amide bonds. The molecular formula is C11H11NO5. The number of amides is 1. The number of carboxylic acid groups (broad SMARTS) is 1. The number of aliphatic carboxylic acids is 1. The van der Waals surface area contributed by atoms with Crippen LogP contribution < -0.4 is 5.32 Å². The molecule has 90 valence electrons. The maximum atomic E-state index is 11.6. The Hall–Kier alpha value is -2.08. The second kappa shape index (κ2) is 3.46. The van der Waals surface area contributed by atoms with Gasteiger partial charge in [0.1, 0.15) is 5.75 Å². The number of benzene rings is 1. The monoisotopic (exact) mass is 237 g/mol. The lowest BCUT2D eigenvalue weighted by atomic mass is 9.88. The number of nitrogens with one attached hydrogen (secondary N) is 1. The molecule has 4 N–H and O–H groups in total. The van der Waals surface area contributed by atoms with Gasteiger partial charge in [-0.3, -0.25) is 9.59 Å². The van der Waals surface area contributed by atoms with Gasteiger partial charge in [0.2, 0.25) is 0 Å². The van der Waals surface area contributed by atoms with E-state index in [1.807, 2.05) is 0 Å². The van der Waals surface area contributed by atoms with E-state index < -0.39 is 23.9 Å². The minimum atomic E-state index is -2.12. The SMILES string of the molecule is Cc1c(O)ccc2c1C(O)(CC(=O)O)C(=O)N2. The van der Waals surface area contributed by atoms with Crippen LogP contribution in [0.3, 0.4) is 0 Å². The van der Waals surface area contributed by atoms with Crippen molar-refractivity contribution in [3.63, 3.8) is 0 Å². The van der Waals surface area contributed by atoms with Crippen molar-refractivity contribution in [3.05, 3.63) is 23.3 Å². The van der Waals surface area contributed by atoms with Gasteiger partial charge in [0, 0.05) is 11.3 Å². The molecule has 1 heterocycles. The highest BCUT2D eigenvalue weighted by molar-refractivity contribution is 6.07. The van der Waals surface area contributed by atoms with Crippen molar-refractivity contribution in [3.8, 4) is 5.75 Å². The molecule has 0 fully saturated rings. The Bertz CT molecular complexity index is 525. The number of phenolic OH excluding ortho intramolecular Hbond substituents is 1. The van der Waals surface area contributed by atoms with Gasteiger partial charge in [-0.2, -0.15) is 0 Å². The Morgan fingerprint density at radius 1 is 1.47 bits per heavy atom. The van der Waals surface area contributed by atoms with Crippen LogP contribution in [0.1, 0.15) is 17.5 Å². The predicted molar refractivity (Wildman–Crippen MR) is 57.6 cm³/mol. The summed E-state index contributed by atoms with van der Waals surface area (Å²) in [6.45, 7) is 1.52. The molecule has 0 aromatic heterocycles. The average molecular weight is 237 g/mol. The third-order valence-electron chi connectivity index (χ3n) is 2.88. The molecule has 0 radical (unpaired) electrons. The summed E-state index contributed by atoms with van der Waals surface area (Å²) in [4.78, 5) is 22.4. The number of rotatable bonds is 2. The van der Waals surface area contributed by atoms with Gasteiger partial charge < -0.3 is 20.6 Å². The van der Waals surface area contributed by atoms with Crippen LogP contribution in [-0.4, -0.2) is 27.2 Å². The minimum absolute atomic E-state index is 0.0935. The van der Waals surface area contributed by atoms with Crippen molar-refractivity contribution in [2.24, 2.45) is 0 Å². The van der Waals surface area contributed by atoms with Gasteiger partial charge in [-0.1, -0.05) is 0 Å². The zero-order chi connectivity index (χ0) is 12.8. The standard InChI is InChI=1S/C11H11NO5/c1-5-7(13)3-2-6-9(5)11(17,4-8(14)15)10(16)12-6/h2-3,13,17H,4H2,1H3,(H,12,16)(H,14,15). The van der Waals surface area contributed by atoms with Crippen molar-refractivity contribution in [1.82, 2.24) is 0 Å². The fraction of sp³-hybridized carbons (Fsp3) is 0.273. The highest BCUT2D eigenvalue weighted by Gasteiger charge is 2.48. The first-order chi connectivity index (χ1) is 7.86. The van der Waals surface area contributed by atoms with E-state index in [-0.39, 0.29) is 11.3 Å². The summed E-state index contributed by atoms with van der Waals surface area (Å²) in [5.74, 6) is -2.18. The number of carboxylic acids is 1. The molecule has 0 spiro atoms.